The first-order chi connectivity index (χ1) is 10.6. The fraction of sp³-hybridized carbons (Fsp3) is 0.400. The predicted molar refractivity (Wildman–Crippen MR) is 108 cm³/mol. The number of aromatic nitrogens is 2. The Bertz CT molecular complexity index is 640. The first-order valence-electron chi connectivity index (χ1n) is 7.07. The molecule has 2 rings (SSSR count). The van der Waals surface area contributed by atoms with Crippen LogP contribution in [0.15, 0.2) is 28.7 Å². The standard InChI is InChI=1S/C15H22N6S.HI/c1-11-6-5-7-17-13(11)9-19-14(16-2)18-8-12-10-22-15(20-12)21(3)4;/h5-7,10H,8-9H2,1-4H3,(H2,16,18,19);1H. The zero-order chi connectivity index (χ0) is 15.9. The Hall–Kier alpha value is -1.42. The zero-order valence-corrected chi connectivity index (χ0v) is 17.0. The molecule has 0 aromatic carbocycles. The van der Waals surface area contributed by atoms with E-state index in [4.69, 9.17) is 0 Å². The summed E-state index contributed by atoms with van der Waals surface area (Å²) in [6.45, 7) is 3.34. The van der Waals surface area contributed by atoms with E-state index in [0.29, 0.717) is 13.1 Å². The summed E-state index contributed by atoms with van der Waals surface area (Å²) in [4.78, 5) is 15.1. The summed E-state index contributed by atoms with van der Waals surface area (Å²) in [6, 6.07) is 3.99. The summed E-state index contributed by atoms with van der Waals surface area (Å²) in [5.41, 5.74) is 3.19. The van der Waals surface area contributed by atoms with Crippen LogP contribution in [0.3, 0.4) is 0 Å². The smallest absolute Gasteiger partial charge is 0.191 e. The number of aryl methyl sites for hydroxylation is 1. The topological polar surface area (TPSA) is 65.4 Å². The van der Waals surface area contributed by atoms with Gasteiger partial charge in [0.2, 0.25) is 0 Å². The van der Waals surface area contributed by atoms with Crippen LogP contribution >= 0.6 is 35.3 Å². The number of anilines is 1. The van der Waals surface area contributed by atoms with Gasteiger partial charge in [-0.1, -0.05) is 6.07 Å². The van der Waals surface area contributed by atoms with Gasteiger partial charge in [-0.15, -0.1) is 35.3 Å². The zero-order valence-electron chi connectivity index (χ0n) is 13.8. The average molecular weight is 446 g/mol. The van der Waals surface area contributed by atoms with Crippen molar-refractivity contribution in [3.05, 3.63) is 40.7 Å². The Morgan fingerprint density at radius 1 is 1.30 bits per heavy atom. The summed E-state index contributed by atoms with van der Waals surface area (Å²) in [5.74, 6) is 0.740. The Morgan fingerprint density at radius 3 is 2.65 bits per heavy atom. The summed E-state index contributed by atoms with van der Waals surface area (Å²) in [5, 5.41) is 9.59. The fourth-order valence-corrected chi connectivity index (χ4v) is 2.61. The monoisotopic (exact) mass is 446 g/mol. The highest BCUT2D eigenvalue weighted by molar-refractivity contribution is 14.0. The van der Waals surface area contributed by atoms with Gasteiger partial charge in [0, 0.05) is 32.7 Å². The molecule has 8 heteroatoms. The maximum absolute atomic E-state index is 4.54. The molecule has 0 unspecified atom stereocenters. The van der Waals surface area contributed by atoms with Gasteiger partial charge in [0.1, 0.15) is 0 Å². The lowest BCUT2D eigenvalue weighted by molar-refractivity contribution is 0.781. The van der Waals surface area contributed by atoms with Crippen LogP contribution < -0.4 is 15.5 Å². The quantitative estimate of drug-likeness (QED) is 0.420. The minimum absolute atomic E-state index is 0. The van der Waals surface area contributed by atoms with Crippen LogP contribution in [0.5, 0.6) is 0 Å². The van der Waals surface area contributed by atoms with E-state index < -0.39 is 0 Å². The summed E-state index contributed by atoms with van der Waals surface area (Å²) < 4.78 is 0. The molecule has 0 aliphatic carbocycles. The van der Waals surface area contributed by atoms with Crippen LogP contribution in [0, 0.1) is 6.92 Å². The van der Waals surface area contributed by atoms with Crippen LogP contribution in [-0.2, 0) is 13.1 Å². The van der Waals surface area contributed by atoms with Crippen molar-refractivity contribution in [2.75, 3.05) is 26.0 Å². The highest BCUT2D eigenvalue weighted by Crippen LogP contribution is 2.17. The van der Waals surface area contributed by atoms with Crippen molar-refractivity contribution in [2.45, 2.75) is 20.0 Å². The second-order valence-electron chi connectivity index (χ2n) is 5.06. The third-order valence-electron chi connectivity index (χ3n) is 3.12. The third-order valence-corrected chi connectivity index (χ3v) is 4.18. The van der Waals surface area contributed by atoms with E-state index in [0.717, 1.165) is 22.5 Å². The van der Waals surface area contributed by atoms with Crippen molar-refractivity contribution in [1.82, 2.24) is 20.6 Å². The van der Waals surface area contributed by atoms with Gasteiger partial charge in [-0.05, 0) is 18.6 Å². The van der Waals surface area contributed by atoms with Crippen LogP contribution in [0.2, 0.25) is 0 Å². The van der Waals surface area contributed by atoms with E-state index in [1.807, 2.05) is 25.1 Å². The molecule has 23 heavy (non-hydrogen) atoms. The van der Waals surface area contributed by atoms with E-state index >= 15 is 0 Å². The van der Waals surface area contributed by atoms with Gasteiger partial charge >= 0.3 is 0 Å². The number of hydrogen-bond donors (Lipinski definition) is 2. The SMILES string of the molecule is CN=C(NCc1csc(N(C)C)n1)NCc1ncccc1C.I. The van der Waals surface area contributed by atoms with Gasteiger partial charge < -0.3 is 15.5 Å². The van der Waals surface area contributed by atoms with Crippen molar-refractivity contribution in [3.8, 4) is 0 Å². The molecule has 2 aromatic rings. The van der Waals surface area contributed by atoms with Gasteiger partial charge in [-0.25, -0.2) is 4.98 Å². The summed E-state index contributed by atoms with van der Waals surface area (Å²) in [7, 11) is 5.74. The number of rotatable bonds is 5. The highest BCUT2D eigenvalue weighted by atomic mass is 127. The normalized spacial score (nSPS) is 10.9. The molecule has 0 saturated heterocycles. The molecule has 0 bridgehead atoms. The molecule has 2 heterocycles. The Morgan fingerprint density at radius 2 is 2.04 bits per heavy atom. The van der Waals surface area contributed by atoms with E-state index in [-0.39, 0.29) is 24.0 Å². The molecular weight excluding hydrogens is 423 g/mol. The number of hydrogen-bond acceptors (Lipinski definition) is 5. The second kappa shape index (κ2) is 9.66. The van der Waals surface area contributed by atoms with Crippen molar-refractivity contribution >= 4 is 46.4 Å². The van der Waals surface area contributed by atoms with Crippen LogP contribution in [0.1, 0.15) is 17.0 Å². The molecule has 0 fully saturated rings. The molecule has 0 radical (unpaired) electrons. The van der Waals surface area contributed by atoms with E-state index in [2.05, 4.69) is 44.0 Å². The summed E-state index contributed by atoms with van der Waals surface area (Å²) >= 11 is 1.63. The first-order valence-corrected chi connectivity index (χ1v) is 7.95. The second-order valence-corrected chi connectivity index (χ2v) is 5.90. The molecule has 6 nitrogen and oxygen atoms in total. The lowest BCUT2D eigenvalue weighted by Gasteiger charge is -2.12. The maximum Gasteiger partial charge on any atom is 0.191 e. The number of aliphatic imine (C=N–C) groups is 1. The van der Waals surface area contributed by atoms with Crippen molar-refractivity contribution in [1.29, 1.82) is 0 Å². The molecular formula is C15H23IN6S. The Kier molecular flexibility index (Phi) is 8.24. The van der Waals surface area contributed by atoms with Crippen molar-refractivity contribution in [3.63, 3.8) is 0 Å². The average Bonchev–Trinajstić information content (AvgIpc) is 2.98. The molecule has 2 N–H and O–H groups in total. The number of halogens is 1. The van der Waals surface area contributed by atoms with Crippen LogP contribution in [0.25, 0.3) is 0 Å². The Labute approximate surface area is 158 Å². The fourth-order valence-electron chi connectivity index (χ4n) is 1.85. The molecule has 0 aliphatic heterocycles. The number of guanidine groups is 1. The number of pyridine rings is 1. The predicted octanol–water partition coefficient (Wildman–Crippen LogP) is 2.40. The van der Waals surface area contributed by atoms with Gasteiger partial charge in [0.05, 0.1) is 24.5 Å². The van der Waals surface area contributed by atoms with Crippen LogP contribution in [0.4, 0.5) is 5.13 Å². The number of nitrogens with one attached hydrogen (secondary N) is 2. The maximum atomic E-state index is 4.54. The van der Waals surface area contributed by atoms with Crippen molar-refractivity contribution < 1.29 is 0 Å². The van der Waals surface area contributed by atoms with Gasteiger partial charge in [0.25, 0.3) is 0 Å². The summed E-state index contributed by atoms with van der Waals surface area (Å²) in [6.07, 6.45) is 1.80. The minimum Gasteiger partial charge on any atom is -0.354 e. The molecule has 0 saturated carbocycles. The first kappa shape index (κ1) is 19.6. The van der Waals surface area contributed by atoms with Crippen molar-refractivity contribution in [2.24, 2.45) is 4.99 Å². The molecule has 0 aliphatic rings. The van der Waals surface area contributed by atoms with E-state index in [9.17, 15) is 0 Å². The minimum atomic E-state index is 0. The Balaban J connectivity index is 0.00000264. The lowest BCUT2D eigenvalue weighted by Crippen LogP contribution is -2.36. The number of thiazole rings is 1. The highest BCUT2D eigenvalue weighted by Gasteiger charge is 2.05. The van der Waals surface area contributed by atoms with Gasteiger partial charge in [-0.3, -0.25) is 9.98 Å². The molecule has 0 atom stereocenters. The van der Waals surface area contributed by atoms with Gasteiger partial charge in [0.15, 0.2) is 11.1 Å². The van der Waals surface area contributed by atoms with E-state index in [1.165, 1.54) is 5.56 Å². The largest absolute Gasteiger partial charge is 0.354 e. The van der Waals surface area contributed by atoms with Crippen LogP contribution in [-0.4, -0.2) is 37.1 Å². The molecule has 126 valence electrons. The van der Waals surface area contributed by atoms with E-state index in [1.54, 1.807) is 24.6 Å². The molecule has 2 aromatic heterocycles. The third kappa shape index (κ3) is 5.94. The lowest BCUT2D eigenvalue weighted by atomic mass is 10.2. The van der Waals surface area contributed by atoms with Gasteiger partial charge in [-0.2, -0.15) is 0 Å². The number of nitrogens with zero attached hydrogens (tertiary/aromatic N) is 4. The molecule has 0 amide bonds. The molecule has 0 spiro atoms.